The van der Waals surface area contributed by atoms with E-state index in [4.69, 9.17) is 9.26 Å². The molecule has 0 radical (unpaired) electrons. The lowest BCUT2D eigenvalue weighted by Gasteiger charge is -2.32. The number of fused-ring (bicyclic) bond motifs is 1. The van der Waals surface area contributed by atoms with Crippen molar-refractivity contribution in [1.82, 2.24) is 24.4 Å². The monoisotopic (exact) mass is 375 g/mol. The molecule has 1 aliphatic heterocycles. The quantitative estimate of drug-likeness (QED) is 0.652. The summed E-state index contributed by atoms with van der Waals surface area (Å²) in [5, 5.41) is 5.93. The average Bonchev–Trinajstić information content (AvgIpc) is 3.30. The second-order valence-corrected chi connectivity index (χ2v) is 7.29. The van der Waals surface area contributed by atoms with E-state index in [-0.39, 0.29) is 11.6 Å². The molecule has 0 spiro atoms. The summed E-state index contributed by atoms with van der Waals surface area (Å²) in [4.78, 5) is 24.4. The van der Waals surface area contributed by atoms with Gasteiger partial charge in [-0.15, -0.1) is 11.3 Å². The van der Waals surface area contributed by atoms with Crippen LogP contribution in [0.25, 0.3) is 4.96 Å². The molecule has 3 aromatic heterocycles. The SMILES string of the molecule is COCCc1noc(C2CCCCN2Cc2cc(=O)n3ccsc3n2)n1. The smallest absolute Gasteiger partial charge is 0.258 e. The largest absolute Gasteiger partial charge is 0.384 e. The van der Waals surface area contributed by atoms with E-state index in [1.165, 1.54) is 11.3 Å². The highest BCUT2D eigenvalue weighted by Crippen LogP contribution is 2.31. The Balaban J connectivity index is 1.55. The highest BCUT2D eigenvalue weighted by molar-refractivity contribution is 7.15. The second kappa shape index (κ2) is 7.65. The maximum atomic E-state index is 12.2. The van der Waals surface area contributed by atoms with Crippen molar-refractivity contribution in [1.29, 1.82) is 0 Å². The van der Waals surface area contributed by atoms with E-state index in [1.54, 1.807) is 23.8 Å². The predicted molar refractivity (Wildman–Crippen MR) is 96.2 cm³/mol. The lowest BCUT2D eigenvalue weighted by molar-refractivity contribution is 0.110. The highest BCUT2D eigenvalue weighted by Gasteiger charge is 2.29. The first-order valence-corrected chi connectivity index (χ1v) is 9.64. The molecular formula is C17H21N5O3S. The number of thiazole rings is 1. The zero-order valence-corrected chi connectivity index (χ0v) is 15.4. The first-order chi connectivity index (χ1) is 12.7. The van der Waals surface area contributed by atoms with Crippen molar-refractivity contribution in [3.63, 3.8) is 0 Å². The minimum Gasteiger partial charge on any atom is -0.384 e. The van der Waals surface area contributed by atoms with Gasteiger partial charge in [0.1, 0.15) is 0 Å². The van der Waals surface area contributed by atoms with E-state index < -0.39 is 0 Å². The third kappa shape index (κ3) is 3.55. The molecule has 9 heteroatoms. The van der Waals surface area contributed by atoms with Crippen LogP contribution >= 0.6 is 11.3 Å². The molecule has 0 bridgehead atoms. The average molecular weight is 375 g/mol. The minimum absolute atomic E-state index is 0.0422. The van der Waals surface area contributed by atoms with Crippen LogP contribution in [0.2, 0.25) is 0 Å². The summed E-state index contributed by atoms with van der Waals surface area (Å²) in [5.41, 5.74) is 0.739. The fourth-order valence-electron chi connectivity index (χ4n) is 3.33. The normalized spacial score (nSPS) is 18.6. The van der Waals surface area contributed by atoms with E-state index in [9.17, 15) is 4.79 Å². The van der Waals surface area contributed by atoms with Crippen molar-refractivity contribution in [2.45, 2.75) is 38.3 Å². The zero-order chi connectivity index (χ0) is 17.9. The fourth-order valence-corrected chi connectivity index (χ4v) is 4.07. The molecule has 138 valence electrons. The van der Waals surface area contributed by atoms with Crippen LogP contribution in [-0.2, 0) is 17.7 Å². The van der Waals surface area contributed by atoms with Crippen LogP contribution in [0.5, 0.6) is 0 Å². The van der Waals surface area contributed by atoms with Crippen LogP contribution in [0.3, 0.4) is 0 Å². The van der Waals surface area contributed by atoms with Gasteiger partial charge in [0.25, 0.3) is 5.56 Å². The van der Waals surface area contributed by atoms with E-state index >= 15 is 0 Å². The van der Waals surface area contributed by atoms with Crippen molar-refractivity contribution in [3.05, 3.63) is 45.4 Å². The highest BCUT2D eigenvalue weighted by atomic mass is 32.1. The Morgan fingerprint density at radius 2 is 2.31 bits per heavy atom. The van der Waals surface area contributed by atoms with Gasteiger partial charge < -0.3 is 9.26 Å². The van der Waals surface area contributed by atoms with Gasteiger partial charge in [0, 0.05) is 37.7 Å². The van der Waals surface area contributed by atoms with Crippen molar-refractivity contribution in [2.24, 2.45) is 0 Å². The maximum absolute atomic E-state index is 12.2. The molecule has 26 heavy (non-hydrogen) atoms. The molecule has 8 nitrogen and oxygen atoms in total. The molecule has 1 unspecified atom stereocenters. The first-order valence-electron chi connectivity index (χ1n) is 8.76. The number of likely N-dealkylation sites (tertiary alicyclic amines) is 1. The zero-order valence-electron chi connectivity index (χ0n) is 14.6. The number of piperidine rings is 1. The third-order valence-electron chi connectivity index (χ3n) is 4.63. The Morgan fingerprint density at radius 1 is 1.38 bits per heavy atom. The Labute approximate surface area is 154 Å². The van der Waals surface area contributed by atoms with E-state index in [2.05, 4.69) is 20.0 Å². The maximum Gasteiger partial charge on any atom is 0.258 e. The van der Waals surface area contributed by atoms with Gasteiger partial charge in [-0.25, -0.2) is 4.98 Å². The summed E-state index contributed by atoms with van der Waals surface area (Å²) >= 11 is 1.47. The van der Waals surface area contributed by atoms with Crippen LogP contribution < -0.4 is 5.56 Å². The molecule has 3 aromatic rings. The van der Waals surface area contributed by atoms with Crippen molar-refractivity contribution in [2.75, 3.05) is 20.3 Å². The molecule has 0 saturated carbocycles. The van der Waals surface area contributed by atoms with Crippen LogP contribution in [0.15, 0.2) is 27.0 Å². The molecule has 4 rings (SSSR count). The van der Waals surface area contributed by atoms with Crippen molar-refractivity contribution < 1.29 is 9.26 Å². The van der Waals surface area contributed by atoms with Crippen LogP contribution in [0.4, 0.5) is 0 Å². The summed E-state index contributed by atoms with van der Waals surface area (Å²) in [6.45, 7) is 2.10. The minimum atomic E-state index is -0.0422. The Bertz CT molecular complexity index is 934. The van der Waals surface area contributed by atoms with Gasteiger partial charge in [0.05, 0.1) is 18.3 Å². The van der Waals surface area contributed by atoms with Gasteiger partial charge >= 0.3 is 0 Å². The topological polar surface area (TPSA) is 85.8 Å². The lowest BCUT2D eigenvalue weighted by atomic mass is 10.0. The number of ether oxygens (including phenoxy) is 1. The van der Waals surface area contributed by atoms with Gasteiger partial charge in [-0.05, 0) is 19.4 Å². The molecule has 0 N–H and O–H groups in total. The number of hydrogen-bond donors (Lipinski definition) is 0. The van der Waals surface area contributed by atoms with Gasteiger partial charge in [-0.2, -0.15) is 4.98 Å². The van der Waals surface area contributed by atoms with Crippen molar-refractivity contribution >= 4 is 16.3 Å². The van der Waals surface area contributed by atoms with Crippen LogP contribution in [0.1, 0.15) is 42.7 Å². The Kier molecular flexibility index (Phi) is 5.09. The van der Waals surface area contributed by atoms with Gasteiger partial charge in [-0.3, -0.25) is 14.1 Å². The Morgan fingerprint density at radius 3 is 3.19 bits per heavy atom. The number of methoxy groups -OCH3 is 1. The molecule has 0 aliphatic carbocycles. The molecule has 1 fully saturated rings. The molecule has 0 aromatic carbocycles. The molecule has 0 amide bonds. The number of nitrogens with zero attached hydrogens (tertiary/aromatic N) is 5. The van der Waals surface area contributed by atoms with Crippen LogP contribution in [0, 0.1) is 0 Å². The Hall–Kier alpha value is -2.10. The fraction of sp³-hybridized carbons (Fsp3) is 0.529. The lowest BCUT2D eigenvalue weighted by Crippen LogP contribution is -2.34. The van der Waals surface area contributed by atoms with E-state index in [0.29, 0.717) is 31.3 Å². The van der Waals surface area contributed by atoms with Crippen LogP contribution in [-0.4, -0.2) is 44.7 Å². The summed E-state index contributed by atoms with van der Waals surface area (Å²) < 4.78 is 12.1. The van der Waals surface area contributed by atoms with E-state index in [0.717, 1.165) is 36.5 Å². The molecule has 1 saturated heterocycles. The number of aromatic nitrogens is 4. The standard InChI is InChI=1S/C17H21N5O3S/c1-24-8-5-14-19-16(25-20-14)13-4-2-3-6-21(13)11-12-10-15(23)22-7-9-26-17(22)18-12/h7,9-10,13H,2-6,8,11H2,1H3. The van der Waals surface area contributed by atoms with E-state index in [1.807, 2.05) is 5.38 Å². The third-order valence-corrected chi connectivity index (χ3v) is 5.39. The first kappa shape index (κ1) is 17.3. The molecule has 1 aliphatic rings. The summed E-state index contributed by atoms with van der Waals surface area (Å²) in [6.07, 6.45) is 5.59. The molecule has 1 atom stereocenters. The second-order valence-electron chi connectivity index (χ2n) is 6.41. The number of rotatable bonds is 6. The number of hydrogen-bond acceptors (Lipinski definition) is 8. The van der Waals surface area contributed by atoms with Gasteiger partial charge in [0.15, 0.2) is 10.8 Å². The summed E-state index contributed by atoms with van der Waals surface area (Å²) in [7, 11) is 1.66. The predicted octanol–water partition coefficient (Wildman–Crippen LogP) is 2.06. The summed E-state index contributed by atoms with van der Waals surface area (Å²) in [5.74, 6) is 1.31. The van der Waals surface area contributed by atoms with Gasteiger partial charge in [-0.1, -0.05) is 11.6 Å². The van der Waals surface area contributed by atoms with Gasteiger partial charge in [0.2, 0.25) is 5.89 Å². The molecule has 4 heterocycles. The molecular weight excluding hydrogens is 354 g/mol. The summed E-state index contributed by atoms with van der Waals surface area (Å²) in [6, 6.07) is 1.68. The van der Waals surface area contributed by atoms with Crippen molar-refractivity contribution in [3.8, 4) is 0 Å².